The van der Waals surface area contributed by atoms with Crippen molar-refractivity contribution in [2.45, 2.75) is 0 Å². The molecular weight excluding hydrogens is 262 g/mol. The topological polar surface area (TPSA) is 91.8 Å². The zero-order valence-electron chi connectivity index (χ0n) is 10.1. The molecule has 0 fully saturated rings. The van der Waals surface area contributed by atoms with Crippen LogP contribution in [0, 0.1) is 0 Å². The molecule has 3 aromatic rings. The number of hydrogen-bond acceptors (Lipinski definition) is 5. The predicted molar refractivity (Wildman–Crippen MR) is 71.5 cm³/mol. The van der Waals surface area contributed by atoms with Gasteiger partial charge in [-0.1, -0.05) is 0 Å². The fourth-order valence-electron chi connectivity index (χ4n) is 2.52. The van der Waals surface area contributed by atoms with E-state index in [2.05, 4.69) is 4.98 Å². The number of rotatable bonds is 0. The molecule has 0 amide bonds. The molecule has 0 spiro atoms. The summed E-state index contributed by atoms with van der Waals surface area (Å²) in [6.07, 6.45) is 0. The lowest BCUT2D eigenvalue weighted by Gasteiger charge is -2.07. The number of phenols is 2. The highest BCUT2D eigenvalue weighted by Gasteiger charge is 2.23. The molecule has 0 unspecified atom stereocenters. The average Bonchev–Trinajstić information content (AvgIpc) is 2.86. The zero-order valence-corrected chi connectivity index (χ0v) is 10.1. The van der Waals surface area contributed by atoms with Gasteiger partial charge in [0.15, 0.2) is 11.5 Å². The summed E-state index contributed by atoms with van der Waals surface area (Å²) in [7, 11) is 0. The van der Waals surface area contributed by atoms with Crippen molar-refractivity contribution < 1.29 is 19.7 Å². The number of benzene rings is 2. The van der Waals surface area contributed by atoms with Gasteiger partial charge in [-0.2, -0.15) is 0 Å². The van der Waals surface area contributed by atoms with Crippen LogP contribution in [0.2, 0.25) is 0 Å². The molecule has 0 saturated heterocycles. The second-order valence-electron chi connectivity index (χ2n) is 4.57. The quantitative estimate of drug-likeness (QED) is 0.542. The molecule has 2 aromatic carbocycles. The summed E-state index contributed by atoms with van der Waals surface area (Å²) in [6, 6.07) is 6.30. The first-order valence-electron chi connectivity index (χ1n) is 5.95. The Morgan fingerprint density at radius 3 is 2.80 bits per heavy atom. The first kappa shape index (κ1) is 11.0. The smallest absolute Gasteiger partial charge is 0.260 e. The highest BCUT2D eigenvalue weighted by Crippen LogP contribution is 2.45. The van der Waals surface area contributed by atoms with Crippen LogP contribution in [0.5, 0.6) is 23.0 Å². The fraction of sp³-hybridized carbons (Fsp3) is 0.0714. The second kappa shape index (κ2) is 3.57. The van der Waals surface area contributed by atoms with E-state index in [1.165, 1.54) is 12.1 Å². The molecule has 6 heteroatoms. The van der Waals surface area contributed by atoms with E-state index < -0.39 is 5.56 Å². The van der Waals surface area contributed by atoms with Crippen LogP contribution < -0.4 is 15.0 Å². The molecule has 0 atom stereocenters. The summed E-state index contributed by atoms with van der Waals surface area (Å²) in [5, 5.41) is 21.1. The Labute approximate surface area is 111 Å². The van der Waals surface area contributed by atoms with Crippen LogP contribution in [0.15, 0.2) is 29.1 Å². The maximum absolute atomic E-state index is 12.1. The Kier molecular flexibility index (Phi) is 1.96. The van der Waals surface area contributed by atoms with Crippen molar-refractivity contribution in [1.29, 1.82) is 0 Å². The van der Waals surface area contributed by atoms with Crippen LogP contribution in [-0.2, 0) is 0 Å². The molecule has 1 aliphatic rings. The van der Waals surface area contributed by atoms with E-state index >= 15 is 0 Å². The van der Waals surface area contributed by atoms with Crippen molar-refractivity contribution in [3.8, 4) is 23.0 Å². The van der Waals surface area contributed by atoms with Crippen LogP contribution in [0.4, 0.5) is 0 Å². The molecule has 0 saturated carbocycles. The lowest BCUT2D eigenvalue weighted by Crippen LogP contribution is -2.06. The second-order valence-corrected chi connectivity index (χ2v) is 4.57. The van der Waals surface area contributed by atoms with Gasteiger partial charge in [0, 0.05) is 16.8 Å². The predicted octanol–water partition coefficient (Wildman–Crippen LogP) is 1.82. The van der Waals surface area contributed by atoms with E-state index in [-0.39, 0.29) is 29.4 Å². The summed E-state index contributed by atoms with van der Waals surface area (Å²) in [4.78, 5) is 14.8. The summed E-state index contributed by atoms with van der Waals surface area (Å²) in [5.74, 6) is 0.403. The highest BCUT2D eigenvalue weighted by atomic mass is 16.7. The van der Waals surface area contributed by atoms with Crippen molar-refractivity contribution in [3.05, 3.63) is 34.6 Å². The number of phenolic OH excluding ortho intramolecular Hbond substituents is 2. The van der Waals surface area contributed by atoms with Crippen LogP contribution in [0.1, 0.15) is 0 Å². The third kappa shape index (κ3) is 1.30. The molecule has 0 radical (unpaired) electrons. The van der Waals surface area contributed by atoms with E-state index in [1.54, 1.807) is 12.1 Å². The molecule has 100 valence electrons. The molecule has 20 heavy (non-hydrogen) atoms. The molecule has 0 bridgehead atoms. The van der Waals surface area contributed by atoms with Gasteiger partial charge in [-0.05, 0) is 18.2 Å². The van der Waals surface area contributed by atoms with Gasteiger partial charge >= 0.3 is 0 Å². The number of nitrogens with one attached hydrogen (secondary N) is 1. The van der Waals surface area contributed by atoms with Crippen molar-refractivity contribution in [1.82, 2.24) is 4.98 Å². The molecule has 0 aliphatic carbocycles. The Morgan fingerprint density at radius 2 is 1.95 bits per heavy atom. The van der Waals surface area contributed by atoms with Crippen molar-refractivity contribution in [2.24, 2.45) is 0 Å². The van der Waals surface area contributed by atoms with Gasteiger partial charge in [0.05, 0.1) is 10.9 Å². The Morgan fingerprint density at radius 1 is 1.10 bits per heavy atom. The average molecular weight is 271 g/mol. The maximum atomic E-state index is 12.1. The van der Waals surface area contributed by atoms with Crippen LogP contribution >= 0.6 is 0 Å². The number of H-pyrrole nitrogens is 1. The SMILES string of the molecule is O=c1[nH]c2cc(O)ccc2c2cc3c(c(O)c12)OCO3. The van der Waals surface area contributed by atoms with Crippen molar-refractivity contribution >= 4 is 21.7 Å². The van der Waals surface area contributed by atoms with Crippen LogP contribution in [-0.4, -0.2) is 22.0 Å². The van der Waals surface area contributed by atoms with E-state index in [4.69, 9.17) is 9.47 Å². The number of fused-ring (bicyclic) bond motifs is 4. The van der Waals surface area contributed by atoms with E-state index in [0.29, 0.717) is 22.0 Å². The van der Waals surface area contributed by atoms with Gasteiger partial charge < -0.3 is 24.7 Å². The van der Waals surface area contributed by atoms with E-state index in [0.717, 1.165) is 0 Å². The van der Waals surface area contributed by atoms with E-state index in [1.807, 2.05) is 0 Å². The molecule has 1 aromatic heterocycles. The number of pyridine rings is 1. The minimum absolute atomic E-state index is 0.00976. The largest absolute Gasteiger partial charge is 0.508 e. The minimum Gasteiger partial charge on any atom is -0.508 e. The third-order valence-corrected chi connectivity index (χ3v) is 3.41. The van der Waals surface area contributed by atoms with Gasteiger partial charge in [-0.15, -0.1) is 0 Å². The maximum Gasteiger partial charge on any atom is 0.260 e. The van der Waals surface area contributed by atoms with Crippen molar-refractivity contribution in [3.63, 3.8) is 0 Å². The molecule has 3 N–H and O–H groups in total. The summed E-state index contributed by atoms with van der Waals surface area (Å²) >= 11 is 0. The number of aromatic amines is 1. The first-order valence-corrected chi connectivity index (χ1v) is 5.95. The number of aromatic hydroxyl groups is 2. The summed E-state index contributed by atoms with van der Waals surface area (Å²) in [6.45, 7) is 0.00976. The third-order valence-electron chi connectivity index (χ3n) is 3.41. The zero-order chi connectivity index (χ0) is 13.9. The first-order chi connectivity index (χ1) is 9.65. The standard InChI is InChI=1S/C14H9NO5/c16-6-1-2-7-8-4-10-13(20-5-19-10)12(17)11(8)14(18)15-9(7)3-6/h1-4,16-17H,5H2,(H,15,18). The molecule has 6 nitrogen and oxygen atoms in total. The number of hydrogen-bond donors (Lipinski definition) is 3. The summed E-state index contributed by atoms with van der Waals surface area (Å²) < 4.78 is 10.4. The molecule has 4 rings (SSSR count). The Bertz CT molecular complexity index is 928. The summed E-state index contributed by atoms with van der Waals surface area (Å²) in [5.41, 5.74) is 0.0367. The van der Waals surface area contributed by atoms with Gasteiger partial charge in [0.25, 0.3) is 5.56 Å². The van der Waals surface area contributed by atoms with Crippen LogP contribution in [0.3, 0.4) is 0 Å². The lowest BCUT2D eigenvalue weighted by molar-refractivity contribution is 0.171. The number of aromatic nitrogens is 1. The minimum atomic E-state index is -0.450. The molecular formula is C14H9NO5. The number of ether oxygens (including phenoxy) is 2. The highest BCUT2D eigenvalue weighted by molar-refractivity contribution is 6.09. The molecule has 2 heterocycles. The van der Waals surface area contributed by atoms with Crippen LogP contribution in [0.25, 0.3) is 21.7 Å². The van der Waals surface area contributed by atoms with Gasteiger partial charge in [0.1, 0.15) is 5.75 Å². The van der Waals surface area contributed by atoms with E-state index in [9.17, 15) is 15.0 Å². The van der Waals surface area contributed by atoms with Gasteiger partial charge in [-0.3, -0.25) is 4.79 Å². The Balaban J connectivity index is 2.27. The van der Waals surface area contributed by atoms with Crippen molar-refractivity contribution in [2.75, 3.05) is 6.79 Å². The normalized spacial score (nSPS) is 13.2. The molecule has 1 aliphatic heterocycles. The fourth-order valence-corrected chi connectivity index (χ4v) is 2.52. The monoisotopic (exact) mass is 271 g/mol. The van der Waals surface area contributed by atoms with Gasteiger partial charge in [0.2, 0.25) is 12.5 Å². The Hall–Kier alpha value is -2.89. The van der Waals surface area contributed by atoms with Gasteiger partial charge in [-0.25, -0.2) is 0 Å². The lowest BCUT2D eigenvalue weighted by atomic mass is 10.0.